The van der Waals surface area contributed by atoms with Crippen molar-refractivity contribution in [3.05, 3.63) is 108 Å². The molecule has 0 amide bonds. The zero-order valence-corrected chi connectivity index (χ0v) is 18.7. The molecule has 0 spiro atoms. The van der Waals surface area contributed by atoms with Gasteiger partial charge in [0, 0.05) is 0 Å². The van der Waals surface area contributed by atoms with Crippen molar-refractivity contribution in [3.8, 4) is 23.0 Å². The lowest BCUT2D eigenvalue weighted by atomic mass is 10.1. The van der Waals surface area contributed by atoms with E-state index in [1.807, 2.05) is 91.9 Å². The molecule has 4 heteroatoms. The molecular weight excluding hydrogens is 412 g/mol. The molecule has 0 aliphatic heterocycles. The first-order chi connectivity index (χ1) is 16.0. The molecule has 166 valence electrons. The molecule has 0 atom stereocenters. The van der Waals surface area contributed by atoms with Crippen LogP contribution in [0.4, 0.5) is 0 Å². The van der Waals surface area contributed by atoms with E-state index < -0.39 is 0 Å². The number of allylic oxidation sites excluding steroid dienone is 2. The van der Waals surface area contributed by atoms with E-state index in [9.17, 15) is 5.11 Å². The van der Waals surface area contributed by atoms with E-state index in [4.69, 9.17) is 14.6 Å². The van der Waals surface area contributed by atoms with Crippen molar-refractivity contribution in [1.29, 1.82) is 0 Å². The molecule has 33 heavy (non-hydrogen) atoms. The largest absolute Gasteiger partial charge is 0.513 e. The number of fused-ring (bicyclic) bond motifs is 1. The first-order valence-electron chi connectivity index (χ1n) is 10.7. The molecule has 0 fully saturated rings. The van der Waals surface area contributed by atoms with Gasteiger partial charge in [-0.25, -0.2) is 0 Å². The summed E-state index contributed by atoms with van der Waals surface area (Å²) in [6.07, 6.45) is 3.47. The fourth-order valence-corrected chi connectivity index (χ4v) is 3.52. The van der Waals surface area contributed by atoms with E-state index >= 15 is 0 Å². The van der Waals surface area contributed by atoms with Gasteiger partial charge < -0.3 is 19.7 Å². The number of aliphatic hydroxyl groups is 2. The van der Waals surface area contributed by atoms with Crippen LogP contribution in [0.15, 0.2) is 96.8 Å². The summed E-state index contributed by atoms with van der Waals surface area (Å²) in [6, 6.07) is 27.3. The summed E-state index contributed by atoms with van der Waals surface area (Å²) in [6.45, 7) is 3.64. The van der Waals surface area contributed by atoms with Crippen LogP contribution in [0.1, 0.15) is 25.0 Å². The van der Waals surface area contributed by atoms with Gasteiger partial charge in [0.2, 0.25) is 0 Å². The predicted octanol–water partition coefficient (Wildman–Crippen LogP) is 7.74. The van der Waals surface area contributed by atoms with Gasteiger partial charge in [-0.3, -0.25) is 0 Å². The highest BCUT2D eigenvalue weighted by Gasteiger charge is 2.04. The second kappa shape index (κ2) is 10.1. The Morgan fingerprint density at radius 1 is 0.697 bits per heavy atom. The highest BCUT2D eigenvalue weighted by atomic mass is 16.5. The Morgan fingerprint density at radius 3 is 1.73 bits per heavy atom. The van der Waals surface area contributed by atoms with Crippen molar-refractivity contribution < 1.29 is 19.7 Å². The molecule has 0 radical (unpaired) electrons. The van der Waals surface area contributed by atoms with Crippen LogP contribution < -0.4 is 9.47 Å². The number of benzene rings is 4. The predicted molar refractivity (Wildman–Crippen MR) is 134 cm³/mol. The molecule has 0 aliphatic carbocycles. The molecule has 0 aliphatic rings. The summed E-state index contributed by atoms with van der Waals surface area (Å²) >= 11 is 0. The Morgan fingerprint density at radius 2 is 1.21 bits per heavy atom. The third kappa shape index (κ3) is 5.82. The highest BCUT2D eigenvalue weighted by molar-refractivity contribution is 5.85. The Balaban J connectivity index is 1.50. The van der Waals surface area contributed by atoms with Crippen molar-refractivity contribution in [3.63, 3.8) is 0 Å². The maximum atomic E-state index is 9.39. The van der Waals surface area contributed by atoms with Crippen molar-refractivity contribution in [1.82, 2.24) is 0 Å². The second-order valence-electron chi connectivity index (χ2n) is 7.82. The lowest BCUT2D eigenvalue weighted by Gasteiger charge is -2.10. The molecule has 0 saturated carbocycles. The molecule has 0 bridgehead atoms. The molecular formula is C29H26O4. The smallest absolute Gasteiger partial charge is 0.128 e. The summed E-state index contributed by atoms with van der Waals surface area (Å²) in [5.74, 6) is 3.21. The molecule has 4 aromatic rings. The average Bonchev–Trinajstić information content (AvgIpc) is 2.80. The maximum Gasteiger partial charge on any atom is 0.128 e. The summed E-state index contributed by atoms with van der Waals surface area (Å²) in [4.78, 5) is 0. The summed E-state index contributed by atoms with van der Waals surface area (Å²) in [5.41, 5.74) is 2.99. The van der Waals surface area contributed by atoms with Gasteiger partial charge in [0.15, 0.2) is 0 Å². The SMILES string of the molecule is CC(O)=Cc1ccc(Oc2ccc3ccc(Oc4ccc(C(C)=CCO)cc4)cc3c2)cc1. The van der Waals surface area contributed by atoms with Crippen molar-refractivity contribution in [2.75, 3.05) is 6.61 Å². The van der Waals surface area contributed by atoms with Crippen molar-refractivity contribution in [2.45, 2.75) is 13.8 Å². The van der Waals surface area contributed by atoms with E-state index in [1.54, 1.807) is 19.1 Å². The summed E-state index contributed by atoms with van der Waals surface area (Å²) in [7, 11) is 0. The summed E-state index contributed by atoms with van der Waals surface area (Å²) < 4.78 is 12.1. The van der Waals surface area contributed by atoms with Crippen molar-refractivity contribution in [2.24, 2.45) is 0 Å². The van der Waals surface area contributed by atoms with Crippen LogP contribution >= 0.6 is 0 Å². The quantitative estimate of drug-likeness (QED) is 0.290. The van der Waals surface area contributed by atoms with Gasteiger partial charge in [-0.05, 0) is 95.9 Å². The van der Waals surface area contributed by atoms with Crippen LogP contribution in [-0.2, 0) is 0 Å². The fourth-order valence-electron chi connectivity index (χ4n) is 3.52. The molecule has 0 aromatic heterocycles. The van der Waals surface area contributed by atoms with E-state index in [0.29, 0.717) is 0 Å². The summed E-state index contributed by atoms with van der Waals surface area (Å²) in [5, 5.41) is 20.5. The number of hydrogen-bond acceptors (Lipinski definition) is 4. The average molecular weight is 439 g/mol. The topological polar surface area (TPSA) is 58.9 Å². The number of rotatable bonds is 7. The molecule has 4 nitrogen and oxygen atoms in total. The molecule has 0 unspecified atom stereocenters. The fraction of sp³-hybridized carbons (Fsp3) is 0.103. The van der Waals surface area contributed by atoms with Gasteiger partial charge in [-0.15, -0.1) is 0 Å². The van der Waals surface area contributed by atoms with E-state index in [0.717, 1.165) is 50.5 Å². The number of hydrogen-bond donors (Lipinski definition) is 2. The molecule has 4 rings (SSSR count). The third-order valence-electron chi connectivity index (χ3n) is 5.22. The van der Waals surface area contributed by atoms with Gasteiger partial charge in [0.25, 0.3) is 0 Å². The van der Waals surface area contributed by atoms with E-state index in [1.165, 1.54) is 0 Å². The van der Waals surface area contributed by atoms with Crippen LogP contribution in [0.25, 0.3) is 22.4 Å². The monoisotopic (exact) mass is 438 g/mol. The van der Waals surface area contributed by atoms with Crippen LogP contribution in [0.2, 0.25) is 0 Å². The molecule has 0 heterocycles. The number of aliphatic hydroxyl groups excluding tert-OH is 2. The highest BCUT2D eigenvalue weighted by Crippen LogP contribution is 2.30. The lowest BCUT2D eigenvalue weighted by molar-refractivity contribution is 0.343. The van der Waals surface area contributed by atoms with Crippen LogP contribution in [0, 0.1) is 0 Å². The van der Waals surface area contributed by atoms with Gasteiger partial charge in [0.1, 0.15) is 23.0 Å². The Hall–Kier alpha value is -4.02. The Labute approximate surface area is 193 Å². The Bertz CT molecular complexity index is 1300. The number of ether oxygens (including phenoxy) is 2. The van der Waals surface area contributed by atoms with Gasteiger partial charge in [0.05, 0.1) is 12.4 Å². The van der Waals surface area contributed by atoms with Crippen molar-refractivity contribution >= 4 is 22.4 Å². The first-order valence-corrected chi connectivity index (χ1v) is 10.7. The first kappa shape index (κ1) is 22.2. The maximum absolute atomic E-state index is 9.39. The van der Waals surface area contributed by atoms with Gasteiger partial charge in [-0.2, -0.15) is 0 Å². The normalized spacial score (nSPS) is 12.1. The van der Waals surface area contributed by atoms with Crippen LogP contribution in [0.3, 0.4) is 0 Å². The molecule has 0 saturated heterocycles. The zero-order chi connectivity index (χ0) is 23.2. The molecule has 4 aromatic carbocycles. The van der Waals surface area contributed by atoms with Gasteiger partial charge in [-0.1, -0.05) is 42.5 Å². The van der Waals surface area contributed by atoms with E-state index in [-0.39, 0.29) is 12.4 Å². The second-order valence-corrected chi connectivity index (χ2v) is 7.82. The van der Waals surface area contributed by atoms with Gasteiger partial charge >= 0.3 is 0 Å². The standard InChI is InChI=1S/C29H26O4/c1-20(15-16-30)23-5-11-27(12-6-23)33-29-14-8-24-7-13-28(18-25(24)19-29)32-26-9-3-22(4-10-26)17-21(2)31/h3-15,17-19,30-31H,16H2,1-2H3. The van der Waals surface area contributed by atoms with Crippen LogP contribution in [-0.4, -0.2) is 16.8 Å². The third-order valence-corrected chi connectivity index (χ3v) is 5.22. The lowest BCUT2D eigenvalue weighted by Crippen LogP contribution is -1.88. The zero-order valence-electron chi connectivity index (χ0n) is 18.7. The van der Waals surface area contributed by atoms with Crippen LogP contribution in [0.5, 0.6) is 23.0 Å². The molecule has 2 N–H and O–H groups in total. The minimum Gasteiger partial charge on any atom is -0.513 e. The minimum absolute atomic E-state index is 0.0267. The van der Waals surface area contributed by atoms with E-state index in [2.05, 4.69) is 0 Å². The minimum atomic E-state index is 0.0267. The Kier molecular flexibility index (Phi) is 6.77.